The zero-order chi connectivity index (χ0) is 34.2. The number of hydrogen-bond acceptors (Lipinski definition) is 13. The first-order chi connectivity index (χ1) is 22.0. The summed E-state index contributed by atoms with van der Waals surface area (Å²) in [4.78, 5) is 65.7. The van der Waals surface area contributed by atoms with E-state index in [1.165, 1.54) is 0 Å². The number of unbranched alkanes of at least 4 members (excludes halogenated alkanes) is 1. The van der Waals surface area contributed by atoms with E-state index in [0.29, 0.717) is 12.0 Å². The highest BCUT2D eigenvalue weighted by molar-refractivity contribution is 7.70. The van der Waals surface area contributed by atoms with Gasteiger partial charge in [0.05, 0.1) is 12.8 Å². The Hall–Kier alpha value is -2.14. The topological polar surface area (TPSA) is 269 Å². The van der Waals surface area contributed by atoms with Gasteiger partial charge in [0.1, 0.15) is 18.3 Å². The maximum absolute atomic E-state index is 12.6. The highest BCUT2D eigenvalue weighted by atomic mass is 31.3. The number of phosphoric ester groups is 1. The minimum Gasteiger partial charge on any atom is -0.346 e. The Bertz CT molecular complexity index is 1930. The van der Waals surface area contributed by atoms with E-state index in [-0.39, 0.29) is 6.42 Å². The fourth-order valence-electron chi connectivity index (χ4n) is 4.87. The smallest absolute Gasteiger partial charge is 0.346 e. The SMILES string of the molecule is CCCCP(=O)(O)OP(=O)(O)OP(=O)(O)OP(=O)(O)OC[C@H]1O[C@@H](n2ccc(=O)[nH]c2=O)C2OC(c3ccc4ccccc4c3)O[C@H]21. The average Bonchev–Trinajstić information content (AvgIpc) is 3.53. The van der Waals surface area contributed by atoms with Gasteiger partial charge >= 0.3 is 36.8 Å². The number of fused-ring (bicyclic) bond motifs is 2. The van der Waals surface area contributed by atoms with Gasteiger partial charge in [-0.15, -0.1) is 0 Å². The summed E-state index contributed by atoms with van der Waals surface area (Å²) in [6, 6.07) is 13.9. The van der Waals surface area contributed by atoms with Crippen LogP contribution in [0.1, 0.15) is 37.8 Å². The lowest BCUT2D eigenvalue weighted by molar-refractivity contribution is -0.154. The van der Waals surface area contributed by atoms with Crippen LogP contribution < -0.4 is 11.2 Å². The van der Waals surface area contributed by atoms with Gasteiger partial charge in [0.15, 0.2) is 12.5 Å². The third-order valence-corrected chi connectivity index (χ3v) is 13.4. The van der Waals surface area contributed by atoms with E-state index in [0.717, 1.165) is 27.6 Å². The van der Waals surface area contributed by atoms with E-state index >= 15 is 0 Å². The van der Waals surface area contributed by atoms with Crippen LogP contribution in [-0.2, 0) is 49.9 Å². The van der Waals surface area contributed by atoms with Crippen molar-refractivity contribution in [2.75, 3.05) is 12.8 Å². The second kappa shape index (κ2) is 14.0. The molecule has 0 radical (unpaired) electrons. The normalized spacial score (nSPS) is 27.8. The molecule has 3 heterocycles. The molecule has 5 N–H and O–H groups in total. The molecule has 0 bridgehead atoms. The van der Waals surface area contributed by atoms with Gasteiger partial charge in [-0.1, -0.05) is 49.7 Å². The Morgan fingerprint density at radius 3 is 2.19 bits per heavy atom. The molecule has 9 atom stereocenters. The van der Waals surface area contributed by atoms with E-state index in [1.807, 2.05) is 36.4 Å². The van der Waals surface area contributed by atoms with Crippen molar-refractivity contribution in [3.8, 4) is 0 Å². The summed E-state index contributed by atoms with van der Waals surface area (Å²) >= 11 is 0. The van der Waals surface area contributed by atoms with Crippen LogP contribution in [0.25, 0.3) is 10.8 Å². The van der Waals surface area contributed by atoms with Crippen molar-refractivity contribution < 1.29 is 69.5 Å². The molecule has 258 valence electrons. The molecule has 0 aliphatic carbocycles. The lowest BCUT2D eigenvalue weighted by atomic mass is 10.1. The molecule has 2 aromatic carbocycles. The minimum absolute atomic E-state index is 0.0985. The molecule has 2 fully saturated rings. The first kappa shape index (κ1) is 36.1. The molecule has 2 aliphatic heterocycles. The zero-order valence-corrected chi connectivity index (χ0v) is 27.8. The summed E-state index contributed by atoms with van der Waals surface area (Å²) in [5, 5.41) is 1.81. The van der Waals surface area contributed by atoms with Crippen LogP contribution in [0.4, 0.5) is 0 Å². The first-order valence-corrected chi connectivity index (χ1v) is 20.1. The summed E-state index contributed by atoms with van der Waals surface area (Å²) < 4.78 is 84.8. The minimum atomic E-state index is -5.96. The number of aromatic nitrogens is 2. The maximum Gasteiger partial charge on any atom is 0.490 e. The molecule has 2 saturated heterocycles. The lowest BCUT2D eigenvalue weighted by Gasteiger charge is -2.23. The highest BCUT2D eigenvalue weighted by Crippen LogP contribution is 2.71. The molecule has 2 aliphatic rings. The lowest BCUT2D eigenvalue weighted by Crippen LogP contribution is -2.36. The molecule has 0 spiro atoms. The number of benzene rings is 2. The van der Waals surface area contributed by atoms with E-state index in [9.17, 15) is 47.4 Å². The molecule has 1 aromatic heterocycles. The zero-order valence-electron chi connectivity index (χ0n) is 24.2. The largest absolute Gasteiger partial charge is 0.490 e. The van der Waals surface area contributed by atoms with E-state index < -0.39 is 85.9 Å². The molecule has 47 heavy (non-hydrogen) atoms. The van der Waals surface area contributed by atoms with Gasteiger partial charge in [0.25, 0.3) is 5.56 Å². The summed E-state index contributed by atoms with van der Waals surface area (Å²) in [7, 11) is -22.1. The van der Waals surface area contributed by atoms with Crippen molar-refractivity contribution in [3.05, 3.63) is 81.1 Å². The van der Waals surface area contributed by atoms with Crippen LogP contribution in [0, 0.1) is 0 Å². The van der Waals surface area contributed by atoms with Gasteiger partial charge < -0.3 is 33.8 Å². The number of rotatable bonds is 14. The number of ether oxygens (including phenoxy) is 3. The molecule has 0 saturated carbocycles. The summed E-state index contributed by atoms with van der Waals surface area (Å²) in [5.41, 5.74) is -0.974. The Morgan fingerprint density at radius 2 is 1.49 bits per heavy atom. The maximum atomic E-state index is 12.6. The van der Waals surface area contributed by atoms with Crippen molar-refractivity contribution in [1.82, 2.24) is 9.55 Å². The third-order valence-electron chi connectivity index (χ3n) is 6.86. The van der Waals surface area contributed by atoms with Gasteiger partial charge in [0.2, 0.25) is 0 Å². The average molecular weight is 742 g/mol. The molecular formula is C24H30N2O17P4. The van der Waals surface area contributed by atoms with E-state index in [2.05, 4.69) is 17.9 Å². The third kappa shape index (κ3) is 9.11. The van der Waals surface area contributed by atoms with Crippen LogP contribution in [-0.4, -0.2) is 60.2 Å². The predicted octanol–water partition coefficient (Wildman–Crippen LogP) is 3.42. The molecule has 3 aromatic rings. The Kier molecular flexibility index (Phi) is 10.8. The van der Waals surface area contributed by atoms with Crippen molar-refractivity contribution in [1.29, 1.82) is 0 Å². The summed E-state index contributed by atoms with van der Waals surface area (Å²) in [6.45, 7) is 0.757. The van der Waals surface area contributed by atoms with Crippen LogP contribution in [0.3, 0.4) is 0 Å². The number of hydrogen-bond donors (Lipinski definition) is 5. The van der Waals surface area contributed by atoms with E-state index in [1.54, 1.807) is 13.0 Å². The number of phosphoric acid groups is 3. The molecule has 23 heteroatoms. The van der Waals surface area contributed by atoms with Crippen LogP contribution in [0.2, 0.25) is 0 Å². The predicted molar refractivity (Wildman–Crippen MR) is 160 cm³/mol. The Labute approximate surface area is 265 Å². The van der Waals surface area contributed by atoms with Crippen molar-refractivity contribution in [2.24, 2.45) is 0 Å². The summed E-state index contributed by atoms with van der Waals surface area (Å²) in [5.74, 6) is 0. The van der Waals surface area contributed by atoms with Crippen LogP contribution in [0.5, 0.6) is 0 Å². The second-order valence-corrected chi connectivity index (χ2v) is 17.1. The standard InChI is InChI=1S/C24H30N2O17P4/c1-2-3-12-44(29,30)41-46(33,34)43-47(35,36)42-45(31,32)37-14-18-20-21(22(38-18)26-11-10-19(27)25-24(26)28)40-23(39-20)17-9-8-15-6-4-5-7-16(15)13-17/h4-11,13,18,20-23H,2-3,12,14H2,1H3,(H,29,30)(H,31,32)(H,33,34)(H,35,36)(H,25,27,28)/t18-,20+,21?,22-,23?/m1/s1. The first-order valence-electron chi connectivity index (χ1n) is 13.8. The molecule has 6 unspecified atom stereocenters. The van der Waals surface area contributed by atoms with Gasteiger partial charge in [0, 0.05) is 17.8 Å². The highest BCUT2D eigenvalue weighted by Gasteiger charge is 2.55. The quantitative estimate of drug-likeness (QED) is 0.148. The Morgan fingerprint density at radius 1 is 0.830 bits per heavy atom. The molecule has 0 amide bonds. The second-order valence-electron chi connectivity index (χ2n) is 10.4. The van der Waals surface area contributed by atoms with Crippen molar-refractivity contribution in [2.45, 2.75) is 50.6 Å². The van der Waals surface area contributed by atoms with Gasteiger partial charge in [-0.2, -0.15) is 8.62 Å². The Balaban J connectivity index is 1.31. The number of aromatic amines is 1. The monoisotopic (exact) mass is 742 g/mol. The molecule has 5 rings (SSSR count). The summed E-state index contributed by atoms with van der Waals surface area (Å²) in [6.07, 6.45) is -4.63. The molecule has 19 nitrogen and oxygen atoms in total. The number of nitrogens with one attached hydrogen (secondary N) is 1. The van der Waals surface area contributed by atoms with Crippen molar-refractivity contribution in [3.63, 3.8) is 0 Å². The number of H-pyrrole nitrogens is 1. The van der Waals surface area contributed by atoms with Gasteiger partial charge in [-0.3, -0.25) is 23.4 Å². The fraction of sp³-hybridized carbons (Fsp3) is 0.417. The van der Waals surface area contributed by atoms with Gasteiger partial charge in [-0.05, 0) is 23.3 Å². The van der Waals surface area contributed by atoms with Crippen LogP contribution >= 0.6 is 31.1 Å². The van der Waals surface area contributed by atoms with Crippen molar-refractivity contribution >= 4 is 41.8 Å². The van der Waals surface area contributed by atoms with E-state index in [4.69, 9.17) is 18.7 Å². The number of nitrogens with zero attached hydrogens (tertiary/aromatic N) is 1. The van der Waals surface area contributed by atoms with Gasteiger partial charge in [-0.25, -0.2) is 22.8 Å². The van der Waals surface area contributed by atoms with Crippen LogP contribution in [0.15, 0.2) is 64.3 Å². The molecular weight excluding hydrogens is 712 g/mol. The fourth-order valence-corrected chi connectivity index (χ4v) is 10.6.